The maximum Gasteiger partial charge on any atom is 0.231 e. The Morgan fingerprint density at radius 2 is 2.18 bits per heavy atom. The van der Waals surface area contributed by atoms with E-state index in [0.717, 1.165) is 48.5 Å². The number of carbonyl (C=O) groups excluding carboxylic acids is 1. The molecule has 2 fully saturated rings. The Balaban J connectivity index is 1.31. The molecule has 10 heteroatoms. The lowest BCUT2D eigenvalue weighted by molar-refractivity contribution is -0.119. The molecule has 2 N–H and O–H groups in total. The van der Waals surface area contributed by atoms with E-state index in [-0.39, 0.29) is 17.5 Å². The summed E-state index contributed by atoms with van der Waals surface area (Å²) < 4.78 is 13.8. The molecular formula is C24H27N7O3. The summed E-state index contributed by atoms with van der Waals surface area (Å²) in [5.41, 5.74) is 2.21. The summed E-state index contributed by atoms with van der Waals surface area (Å²) in [4.78, 5) is 22.9. The van der Waals surface area contributed by atoms with Crippen LogP contribution in [0.2, 0.25) is 0 Å². The first-order valence-electron chi connectivity index (χ1n) is 11.6. The molecule has 0 spiro atoms. The molecular weight excluding hydrogens is 434 g/mol. The molecule has 4 aromatic rings. The number of pyridine rings is 1. The average molecular weight is 462 g/mol. The van der Waals surface area contributed by atoms with Crippen LogP contribution in [0.1, 0.15) is 26.7 Å². The number of rotatable bonds is 5. The van der Waals surface area contributed by atoms with Crippen LogP contribution in [0.4, 0.5) is 5.82 Å². The smallest absolute Gasteiger partial charge is 0.231 e. The molecule has 34 heavy (non-hydrogen) atoms. The van der Waals surface area contributed by atoms with Crippen molar-refractivity contribution in [2.75, 3.05) is 31.1 Å². The molecule has 0 unspecified atom stereocenters. The number of amides is 1. The lowest BCUT2D eigenvalue weighted by atomic mass is 10.0. The average Bonchev–Trinajstić information content (AvgIpc) is 3.54. The number of nitrogens with zero attached hydrogens (tertiary/aromatic N) is 5. The number of imidazole rings is 1. The highest BCUT2D eigenvalue weighted by Gasteiger charge is 2.28. The third-order valence-corrected chi connectivity index (χ3v) is 6.40. The van der Waals surface area contributed by atoms with Crippen molar-refractivity contribution in [2.45, 2.75) is 38.3 Å². The minimum atomic E-state index is 0.0118. The predicted molar refractivity (Wildman–Crippen MR) is 127 cm³/mol. The summed E-state index contributed by atoms with van der Waals surface area (Å²) in [5.74, 6) is 2.12. The molecule has 1 amide bonds. The third kappa shape index (κ3) is 3.83. The predicted octanol–water partition coefficient (Wildman–Crippen LogP) is 2.38. The number of furan rings is 1. The molecule has 2 aliphatic rings. The van der Waals surface area contributed by atoms with Crippen LogP contribution in [0.5, 0.6) is 5.88 Å². The molecule has 1 atom stereocenters. The van der Waals surface area contributed by atoms with Crippen molar-refractivity contribution >= 4 is 28.3 Å². The van der Waals surface area contributed by atoms with E-state index in [4.69, 9.17) is 9.15 Å². The highest BCUT2D eigenvalue weighted by Crippen LogP contribution is 2.34. The van der Waals surface area contributed by atoms with E-state index in [9.17, 15) is 4.79 Å². The molecule has 0 aromatic carbocycles. The lowest BCUT2D eigenvalue weighted by Gasteiger charge is -2.39. The standard InChI is InChI=1S/C24H27N7O3/c1-24(2)14-30(10-9-27-24)23-16-11-19(34-18(16)7-8-25-23)17-12-26-20-4-6-22(29-31(17)20)33-13-15-3-5-21(32)28-15/h4,6-8,11-12,15,27H,3,5,9-10,13-14H2,1-2H3,(H,28,32)/t15-/m0/s1. The number of nitrogens with one attached hydrogen (secondary N) is 2. The highest BCUT2D eigenvalue weighted by atomic mass is 16.5. The van der Waals surface area contributed by atoms with Crippen molar-refractivity contribution in [3.05, 3.63) is 36.7 Å². The van der Waals surface area contributed by atoms with E-state index in [1.165, 1.54) is 0 Å². The van der Waals surface area contributed by atoms with Crippen molar-refractivity contribution in [1.29, 1.82) is 0 Å². The zero-order valence-corrected chi connectivity index (χ0v) is 19.2. The van der Waals surface area contributed by atoms with Gasteiger partial charge in [-0.25, -0.2) is 14.5 Å². The van der Waals surface area contributed by atoms with Gasteiger partial charge in [0.25, 0.3) is 0 Å². The van der Waals surface area contributed by atoms with Gasteiger partial charge in [0.05, 0.1) is 17.6 Å². The van der Waals surface area contributed by atoms with E-state index >= 15 is 0 Å². The number of piperazine rings is 1. The van der Waals surface area contributed by atoms with Gasteiger partial charge in [0.15, 0.2) is 11.4 Å². The second-order valence-corrected chi connectivity index (χ2v) is 9.59. The summed E-state index contributed by atoms with van der Waals surface area (Å²) in [7, 11) is 0. The first-order valence-corrected chi connectivity index (χ1v) is 11.6. The molecule has 2 aliphatic heterocycles. The minimum absolute atomic E-state index is 0.0118. The Hall–Kier alpha value is -3.66. The van der Waals surface area contributed by atoms with Crippen molar-refractivity contribution in [3.63, 3.8) is 0 Å². The second kappa shape index (κ2) is 7.98. The van der Waals surface area contributed by atoms with Crippen LogP contribution < -0.4 is 20.3 Å². The van der Waals surface area contributed by atoms with Gasteiger partial charge in [0, 0.05) is 43.9 Å². The van der Waals surface area contributed by atoms with Gasteiger partial charge in [0.1, 0.15) is 23.7 Å². The molecule has 0 aliphatic carbocycles. The quantitative estimate of drug-likeness (QED) is 0.466. The highest BCUT2D eigenvalue weighted by molar-refractivity contribution is 5.92. The molecule has 10 nitrogen and oxygen atoms in total. The number of anilines is 1. The summed E-state index contributed by atoms with van der Waals surface area (Å²) in [6, 6.07) is 7.56. The molecule has 4 aromatic heterocycles. The Bertz CT molecular complexity index is 1380. The SMILES string of the molecule is CC1(C)CN(c2nccc3oc(-c4cnc5ccc(OC[C@@H]6CCC(=O)N6)nn45)cc23)CCN1. The molecule has 6 rings (SSSR count). The van der Waals surface area contributed by atoms with Gasteiger partial charge in [-0.2, -0.15) is 0 Å². The molecule has 6 heterocycles. The molecule has 0 saturated carbocycles. The Morgan fingerprint density at radius 1 is 1.26 bits per heavy atom. The number of hydrogen-bond acceptors (Lipinski definition) is 8. The van der Waals surface area contributed by atoms with Crippen LogP contribution in [-0.4, -0.2) is 63.3 Å². The fourth-order valence-electron chi connectivity index (χ4n) is 4.74. The van der Waals surface area contributed by atoms with Crippen LogP contribution in [-0.2, 0) is 4.79 Å². The topological polar surface area (TPSA) is 110 Å². The van der Waals surface area contributed by atoms with E-state index < -0.39 is 0 Å². The van der Waals surface area contributed by atoms with Gasteiger partial charge in [0.2, 0.25) is 11.8 Å². The number of hydrogen-bond donors (Lipinski definition) is 2. The first kappa shape index (κ1) is 20.9. The van der Waals surface area contributed by atoms with Crippen LogP contribution in [0.25, 0.3) is 28.1 Å². The fraction of sp³-hybridized carbons (Fsp3) is 0.417. The van der Waals surface area contributed by atoms with Gasteiger partial charge in [-0.1, -0.05) is 0 Å². The van der Waals surface area contributed by atoms with Crippen LogP contribution >= 0.6 is 0 Å². The van der Waals surface area contributed by atoms with Gasteiger partial charge < -0.3 is 24.7 Å². The normalized spacial score (nSPS) is 20.2. The van der Waals surface area contributed by atoms with Gasteiger partial charge in [-0.3, -0.25) is 4.79 Å². The maximum absolute atomic E-state index is 11.4. The van der Waals surface area contributed by atoms with E-state index in [0.29, 0.717) is 30.3 Å². The van der Waals surface area contributed by atoms with Crippen molar-refractivity contribution < 1.29 is 13.9 Å². The van der Waals surface area contributed by atoms with Gasteiger partial charge in [-0.15, -0.1) is 5.10 Å². The zero-order valence-electron chi connectivity index (χ0n) is 19.2. The molecule has 0 bridgehead atoms. The minimum Gasteiger partial charge on any atom is -0.474 e. The summed E-state index contributed by atoms with van der Waals surface area (Å²) in [5, 5.41) is 12.0. The Labute approximate surface area is 196 Å². The van der Waals surface area contributed by atoms with E-state index in [1.807, 2.05) is 18.2 Å². The molecule has 0 radical (unpaired) electrons. The molecule has 176 valence electrons. The number of aromatic nitrogens is 4. The fourth-order valence-corrected chi connectivity index (χ4v) is 4.74. The van der Waals surface area contributed by atoms with Crippen LogP contribution in [0, 0.1) is 0 Å². The van der Waals surface area contributed by atoms with Crippen LogP contribution in [0.3, 0.4) is 0 Å². The van der Waals surface area contributed by atoms with E-state index in [1.54, 1.807) is 23.0 Å². The largest absolute Gasteiger partial charge is 0.474 e. The van der Waals surface area contributed by atoms with Crippen molar-refractivity contribution in [1.82, 2.24) is 30.2 Å². The van der Waals surface area contributed by atoms with Crippen molar-refractivity contribution in [2.24, 2.45) is 0 Å². The maximum atomic E-state index is 11.4. The number of ether oxygens (including phenoxy) is 1. The first-order chi connectivity index (χ1) is 16.4. The summed E-state index contributed by atoms with van der Waals surface area (Å²) >= 11 is 0. The zero-order chi connectivity index (χ0) is 23.3. The summed E-state index contributed by atoms with van der Waals surface area (Å²) in [6.45, 7) is 7.43. The third-order valence-electron chi connectivity index (χ3n) is 6.40. The van der Waals surface area contributed by atoms with Gasteiger partial charge >= 0.3 is 0 Å². The van der Waals surface area contributed by atoms with Crippen molar-refractivity contribution in [3.8, 4) is 17.3 Å². The van der Waals surface area contributed by atoms with E-state index in [2.05, 4.69) is 44.4 Å². The monoisotopic (exact) mass is 461 g/mol. The van der Waals surface area contributed by atoms with Crippen LogP contribution in [0.15, 0.2) is 41.1 Å². The number of carbonyl (C=O) groups is 1. The molecule has 2 saturated heterocycles. The second-order valence-electron chi connectivity index (χ2n) is 9.59. The number of fused-ring (bicyclic) bond motifs is 2. The van der Waals surface area contributed by atoms with Gasteiger partial charge in [-0.05, 0) is 38.5 Å². The summed E-state index contributed by atoms with van der Waals surface area (Å²) in [6.07, 6.45) is 4.86. The Kier molecular flexibility index (Phi) is 4.91. The lowest BCUT2D eigenvalue weighted by Crippen LogP contribution is -2.57. The Morgan fingerprint density at radius 3 is 3.00 bits per heavy atom.